The number of hydrogen-bond acceptors (Lipinski definition) is 7. The first kappa shape index (κ1) is 29.5. The van der Waals surface area contributed by atoms with Gasteiger partial charge in [-0.15, -0.1) is 0 Å². The number of carboxylic acid groups (broad SMARTS) is 1. The zero-order chi connectivity index (χ0) is 27.5. The molecular weight excluding hydrogens is 480 g/mol. The fourth-order valence-corrected chi connectivity index (χ4v) is 3.68. The molecule has 37 heavy (non-hydrogen) atoms. The number of imidazole rings is 1. The van der Waals surface area contributed by atoms with Crippen LogP contribution >= 0.6 is 0 Å². The van der Waals surface area contributed by atoms with Crippen molar-refractivity contribution >= 4 is 23.7 Å². The zero-order valence-corrected chi connectivity index (χ0v) is 21.2. The number of benzene rings is 1. The Labute approximate surface area is 215 Å². The highest BCUT2D eigenvalue weighted by Crippen LogP contribution is 2.09. The van der Waals surface area contributed by atoms with E-state index in [1.54, 1.807) is 30.3 Å². The lowest BCUT2D eigenvalue weighted by molar-refractivity contribution is -0.142. The third-order valence-corrected chi connectivity index (χ3v) is 5.63. The van der Waals surface area contributed by atoms with Crippen molar-refractivity contribution in [3.05, 3.63) is 54.1 Å². The van der Waals surface area contributed by atoms with E-state index in [0.29, 0.717) is 5.69 Å². The minimum absolute atomic E-state index is 0.0316. The predicted octanol–water partition coefficient (Wildman–Crippen LogP) is -0.512. The van der Waals surface area contributed by atoms with Crippen LogP contribution in [0.15, 0.2) is 42.9 Å². The van der Waals surface area contributed by atoms with Crippen LogP contribution in [-0.2, 0) is 32.0 Å². The standard InChI is InChI=1S/C25H36N6O6/c1-14(2)9-19(23(34)30-20(25(36)37)10-16-7-5-4-6-8-16)29-24(35)21(15(3)32)31-22(33)18(26)11-17-12-27-13-28-17/h4-8,12-15,18-21,32H,9-11,26H2,1-3H3,(H,27,28)(H,29,35)(H,30,34)(H,31,33)(H,36,37). The van der Waals surface area contributed by atoms with Crippen LogP contribution in [0.3, 0.4) is 0 Å². The molecule has 1 aromatic carbocycles. The van der Waals surface area contributed by atoms with Gasteiger partial charge in [0.25, 0.3) is 0 Å². The number of rotatable bonds is 14. The van der Waals surface area contributed by atoms with Gasteiger partial charge >= 0.3 is 5.97 Å². The van der Waals surface area contributed by atoms with Crippen LogP contribution < -0.4 is 21.7 Å². The Morgan fingerprint density at radius 3 is 2.14 bits per heavy atom. The number of amides is 3. The van der Waals surface area contributed by atoms with Gasteiger partial charge in [0.1, 0.15) is 18.1 Å². The van der Waals surface area contributed by atoms with E-state index in [1.165, 1.54) is 19.4 Å². The third kappa shape index (κ3) is 9.66. The number of hydrogen-bond donors (Lipinski definition) is 7. The van der Waals surface area contributed by atoms with Crippen molar-refractivity contribution in [1.29, 1.82) is 0 Å². The Morgan fingerprint density at radius 1 is 0.946 bits per heavy atom. The molecule has 0 aliphatic heterocycles. The average Bonchev–Trinajstić information content (AvgIpc) is 3.34. The predicted molar refractivity (Wildman–Crippen MR) is 135 cm³/mol. The molecule has 0 spiro atoms. The number of H-pyrrole nitrogens is 1. The maximum atomic E-state index is 13.1. The van der Waals surface area contributed by atoms with E-state index in [9.17, 15) is 29.4 Å². The molecule has 0 fully saturated rings. The number of aliphatic carboxylic acids is 1. The van der Waals surface area contributed by atoms with Crippen LogP contribution in [0, 0.1) is 5.92 Å². The lowest BCUT2D eigenvalue weighted by Gasteiger charge is -2.27. The summed E-state index contributed by atoms with van der Waals surface area (Å²) in [5.74, 6) is -3.40. The Balaban J connectivity index is 2.09. The molecule has 2 aromatic rings. The summed E-state index contributed by atoms with van der Waals surface area (Å²) in [7, 11) is 0. The van der Waals surface area contributed by atoms with Crippen molar-refractivity contribution in [3.63, 3.8) is 0 Å². The van der Waals surface area contributed by atoms with Gasteiger partial charge in [0.05, 0.1) is 18.5 Å². The van der Waals surface area contributed by atoms with Gasteiger partial charge in [-0.1, -0.05) is 44.2 Å². The number of carboxylic acids is 1. The summed E-state index contributed by atoms with van der Waals surface area (Å²) in [6.07, 6.45) is 2.07. The molecule has 8 N–H and O–H groups in total. The first-order valence-corrected chi connectivity index (χ1v) is 12.1. The van der Waals surface area contributed by atoms with Gasteiger partial charge in [0.15, 0.2) is 0 Å². The van der Waals surface area contributed by atoms with E-state index in [0.717, 1.165) is 5.56 Å². The molecule has 0 saturated heterocycles. The molecule has 5 atom stereocenters. The minimum Gasteiger partial charge on any atom is -0.480 e. The van der Waals surface area contributed by atoms with Crippen LogP contribution in [0.1, 0.15) is 38.4 Å². The van der Waals surface area contributed by atoms with Crippen LogP contribution in [0.4, 0.5) is 0 Å². The topological polar surface area (TPSA) is 200 Å². The van der Waals surface area contributed by atoms with Crippen molar-refractivity contribution in [2.24, 2.45) is 11.7 Å². The number of aliphatic hydroxyl groups excluding tert-OH is 1. The molecule has 1 heterocycles. The van der Waals surface area contributed by atoms with Crippen molar-refractivity contribution in [2.75, 3.05) is 0 Å². The number of carbonyl (C=O) groups excluding carboxylic acids is 3. The van der Waals surface area contributed by atoms with Gasteiger partial charge in [0.2, 0.25) is 17.7 Å². The molecule has 5 unspecified atom stereocenters. The molecule has 0 saturated carbocycles. The largest absolute Gasteiger partial charge is 0.480 e. The normalized spacial score (nSPS) is 15.2. The summed E-state index contributed by atoms with van der Waals surface area (Å²) in [6.45, 7) is 5.00. The van der Waals surface area contributed by atoms with Crippen LogP contribution in [-0.4, -0.2) is 74.1 Å². The Kier molecular flexibility index (Phi) is 11.2. The summed E-state index contributed by atoms with van der Waals surface area (Å²) >= 11 is 0. The molecule has 0 aliphatic carbocycles. The maximum absolute atomic E-state index is 13.1. The van der Waals surface area contributed by atoms with Crippen LogP contribution in [0.25, 0.3) is 0 Å². The molecule has 12 nitrogen and oxygen atoms in total. The van der Waals surface area contributed by atoms with E-state index in [4.69, 9.17) is 5.73 Å². The second-order valence-corrected chi connectivity index (χ2v) is 9.39. The molecule has 0 radical (unpaired) electrons. The first-order valence-electron chi connectivity index (χ1n) is 12.1. The van der Waals surface area contributed by atoms with Gasteiger partial charge in [-0.05, 0) is 24.8 Å². The maximum Gasteiger partial charge on any atom is 0.326 e. The smallest absolute Gasteiger partial charge is 0.326 e. The van der Waals surface area contributed by atoms with Crippen molar-refractivity contribution in [2.45, 2.75) is 70.3 Å². The molecule has 0 bridgehead atoms. The number of carbonyl (C=O) groups is 4. The second kappa shape index (κ2) is 14.1. The van der Waals surface area contributed by atoms with Crippen molar-refractivity contribution in [3.8, 4) is 0 Å². The van der Waals surface area contributed by atoms with Crippen LogP contribution in [0.5, 0.6) is 0 Å². The van der Waals surface area contributed by atoms with Gasteiger partial charge in [-0.2, -0.15) is 0 Å². The summed E-state index contributed by atoms with van der Waals surface area (Å²) in [5.41, 5.74) is 7.27. The molecule has 3 amide bonds. The summed E-state index contributed by atoms with van der Waals surface area (Å²) in [6, 6.07) is 4.13. The van der Waals surface area contributed by atoms with Gasteiger partial charge in [-0.25, -0.2) is 9.78 Å². The monoisotopic (exact) mass is 516 g/mol. The SMILES string of the molecule is CC(C)CC(NC(=O)C(NC(=O)C(N)Cc1cnc[nH]1)C(C)O)C(=O)NC(Cc1ccccc1)C(=O)O. The number of aromatic nitrogens is 2. The lowest BCUT2D eigenvalue weighted by Crippen LogP contribution is -2.60. The van der Waals surface area contributed by atoms with E-state index >= 15 is 0 Å². The van der Waals surface area contributed by atoms with E-state index in [-0.39, 0.29) is 25.2 Å². The number of aliphatic hydroxyl groups is 1. The molecule has 0 aliphatic rings. The van der Waals surface area contributed by atoms with E-state index in [1.807, 2.05) is 13.8 Å². The Morgan fingerprint density at radius 2 is 1.59 bits per heavy atom. The molecule has 12 heteroatoms. The number of nitrogens with two attached hydrogens (primary N) is 1. The summed E-state index contributed by atoms with van der Waals surface area (Å²) < 4.78 is 0. The van der Waals surface area contributed by atoms with Crippen molar-refractivity contribution < 1.29 is 29.4 Å². The third-order valence-electron chi connectivity index (χ3n) is 5.63. The zero-order valence-electron chi connectivity index (χ0n) is 21.2. The summed E-state index contributed by atoms with van der Waals surface area (Å²) in [5, 5.41) is 27.3. The summed E-state index contributed by atoms with van der Waals surface area (Å²) in [4.78, 5) is 57.1. The van der Waals surface area contributed by atoms with Gasteiger partial charge < -0.3 is 36.9 Å². The van der Waals surface area contributed by atoms with E-state index < -0.39 is 54.0 Å². The minimum atomic E-state index is -1.39. The number of aromatic amines is 1. The van der Waals surface area contributed by atoms with Gasteiger partial charge in [-0.3, -0.25) is 14.4 Å². The lowest BCUT2D eigenvalue weighted by atomic mass is 10.0. The second-order valence-electron chi connectivity index (χ2n) is 9.39. The molecular formula is C25H36N6O6. The Bertz CT molecular complexity index is 1030. The highest BCUT2D eigenvalue weighted by Gasteiger charge is 2.32. The van der Waals surface area contributed by atoms with E-state index in [2.05, 4.69) is 25.9 Å². The Hall–Kier alpha value is -3.77. The number of nitrogens with one attached hydrogen (secondary N) is 4. The van der Waals surface area contributed by atoms with Crippen LogP contribution in [0.2, 0.25) is 0 Å². The first-order chi connectivity index (χ1) is 17.5. The van der Waals surface area contributed by atoms with Crippen molar-refractivity contribution in [1.82, 2.24) is 25.9 Å². The quantitative estimate of drug-likeness (QED) is 0.174. The highest BCUT2D eigenvalue weighted by molar-refractivity contribution is 5.94. The highest BCUT2D eigenvalue weighted by atomic mass is 16.4. The fraction of sp³-hybridized carbons (Fsp3) is 0.480. The van der Waals surface area contributed by atoms with Gasteiger partial charge in [0, 0.05) is 24.7 Å². The molecule has 2 rings (SSSR count). The molecule has 1 aromatic heterocycles. The average molecular weight is 517 g/mol. The fourth-order valence-electron chi connectivity index (χ4n) is 3.68. The number of nitrogens with zero attached hydrogens (tertiary/aromatic N) is 1. The molecule has 202 valence electrons.